The number of aryl methyl sites for hydroxylation is 2. The van der Waals surface area contributed by atoms with Crippen molar-refractivity contribution in [1.82, 2.24) is 39.1 Å². The number of allylic oxidation sites excluding steroid dienone is 2. The molecule has 0 radical (unpaired) electrons. The Hall–Kier alpha value is -5.36. The van der Waals surface area contributed by atoms with Crippen LogP contribution in [0.3, 0.4) is 0 Å². The second-order valence-corrected chi connectivity index (χ2v) is 47.0. The standard InChI is InChI=1S/C27H40N2O4.C27H40N2O2.C26H40N2O.C25H38N2O2/c1-4-33-25(31)18-14-28-29(15-18)16-24(30)23-8-7-22-21-6-5-17-13-26(2,32)11-9-19(17)20(21)10-12-27(22,23)3;1-17(16-29-14-11-25(28-29)18(2)30)23-7-8-24-22-6-5-19-15-26(3,31)12-9-20(19)21(22)10-13-27(23,24)4;1-17(16-28-14-11-18(2)27-28)23-7-8-24-22-6-5-19-15-25(3,29)12-9-20(19)21(22)10-13-26(23,24)4;1-16-10-13-26-27(16)15-23(28)22-7-6-21-20-5-4-17-14-24(2,29)11-8-18(17)19(20)9-12-25(21,22)3/h14-15,17,19-23,32H,4-13,16H2,1-3H3;11,14,19-24,31H,1,5-10,12-13,15-16H2,2-4H3;11,14,19-24,29H,1,5-10,12-13,15-16H2,2-4H3;10,13,17-22,29H,4-9,11-12,14-15H2,1-3H3/t17-,19-,20+,21+,22-,23+,26+,27-;19-,20-,21+,22+,23+,24-,26+,27+;19-,20-,21+,22+,23+,24-,25+,26+;17-,18-,19+,20+,21-,22+,24+,25-/m0000/s1. The van der Waals surface area contributed by atoms with Crippen LogP contribution in [0.15, 0.2) is 73.5 Å². The molecule has 16 aliphatic carbocycles. The number of fused-ring (bicyclic) bond motifs is 20. The molecule has 17 heteroatoms. The SMILES string of the molecule is C=C(Cn1ccc(C(C)=O)n1)[C@H]1CC[C@H]2[C@@H]3CC[C@H]4C[C@](C)(O)CC[C@@H]4[C@H]3CC[C@]12C.C=C(Cn1ccc(C)n1)[C@H]1CC[C@H]2[C@@H]3CC[C@H]4C[C@](C)(O)CC[C@@H]4[C@H]3CC[C@]12C.CCOC(=O)c1cnn(CC(=O)[C@H]2CC[C@H]3[C@@H]4CC[C@H]5C[C@](C)(O)CC[C@@H]5[C@H]4CC[C@]23C)c1.Cc1ccnn1CC(=O)[C@H]1CC[C@H]2[C@@H]3CC[C@H]4C[C@](C)(O)CC[C@@H]4[C@H]3CC[C@]12C. The lowest BCUT2D eigenvalue weighted by Crippen LogP contribution is -2.51. The van der Waals surface area contributed by atoms with Crippen molar-refractivity contribution in [2.75, 3.05) is 6.61 Å². The lowest BCUT2D eigenvalue weighted by Gasteiger charge is -2.57. The number of hydrogen-bond donors (Lipinski definition) is 4. The minimum absolute atomic E-state index is 0.0235. The summed E-state index contributed by atoms with van der Waals surface area (Å²) in [5, 5.41) is 60.1. The molecule has 0 saturated heterocycles. The third-order valence-electron chi connectivity index (χ3n) is 39.9. The van der Waals surface area contributed by atoms with Gasteiger partial charge in [-0.25, -0.2) is 4.79 Å². The second-order valence-electron chi connectivity index (χ2n) is 47.0. The van der Waals surface area contributed by atoms with Gasteiger partial charge < -0.3 is 25.2 Å². The number of ketones is 3. The van der Waals surface area contributed by atoms with Crippen LogP contribution in [0.4, 0.5) is 0 Å². The van der Waals surface area contributed by atoms with Crippen LogP contribution in [0.1, 0.15) is 333 Å². The Bertz CT molecular complexity index is 4440. The Labute approximate surface area is 731 Å². The van der Waals surface area contributed by atoms with Gasteiger partial charge in [0.25, 0.3) is 0 Å². The molecule has 17 nitrogen and oxygen atoms in total. The maximum absolute atomic E-state index is 13.4. The van der Waals surface area contributed by atoms with Crippen molar-refractivity contribution in [3.05, 3.63) is 96.1 Å². The molecule has 0 aromatic carbocycles. The number of ether oxygens (including phenoxy) is 1. The van der Waals surface area contributed by atoms with Crippen LogP contribution in [-0.2, 0) is 40.5 Å². The second kappa shape index (κ2) is 34.3. The van der Waals surface area contributed by atoms with Crippen LogP contribution in [0.5, 0.6) is 0 Å². The van der Waals surface area contributed by atoms with Gasteiger partial charge >= 0.3 is 5.97 Å². The van der Waals surface area contributed by atoms with Gasteiger partial charge in [-0.3, -0.25) is 33.1 Å². The molecule has 4 aromatic rings. The number of carbonyl (C=O) groups is 4. The number of aliphatic hydroxyl groups is 4. The molecule has 0 bridgehead atoms. The van der Waals surface area contributed by atoms with E-state index < -0.39 is 22.4 Å². The normalized spacial score (nSPS) is 44.8. The van der Waals surface area contributed by atoms with E-state index in [0.717, 1.165) is 208 Å². The highest BCUT2D eigenvalue weighted by Gasteiger charge is 2.64. The first-order chi connectivity index (χ1) is 57.9. The zero-order valence-electron chi connectivity index (χ0n) is 77.3. The van der Waals surface area contributed by atoms with Crippen molar-refractivity contribution in [3.63, 3.8) is 0 Å². The van der Waals surface area contributed by atoms with Crippen LogP contribution >= 0.6 is 0 Å². The molecule has 16 fully saturated rings. The fraction of sp³-hybridized carbons (Fsp3) is 0.810. The molecule has 4 heterocycles. The molecule has 16 aliphatic rings. The van der Waals surface area contributed by atoms with Gasteiger partial charge in [0, 0.05) is 49.2 Å². The van der Waals surface area contributed by atoms with Crippen molar-refractivity contribution in [3.8, 4) is 0 Å². The van der Waals surface area contributed by atoms with Crippen molar-refractivity contribution >= 4 is 23.3 Å². The molecule has 122 heavy (non-hydrogen) atoms. The maximum Gasteiger partial charge on any atom is 0.341 e. The van der Waals surface area contributed by atoms with Gasteiger partial charge in [-0.1, -0.05) is 52.0 Å². The van der Waals surface area contributed by atoms with Gasteiger partial charge in [0.05, 0.1) is 66.1 Å². The average Bonchev–Trinajstić information content (AvgIpc) is 1.54. The van der Waals surface area contributed by atoms with E-state index >= 15 is 0 Å². The zero-order chi connectivity index (χ0) is 86.1. The number of aromatic nitrogens is 8. The summed E-state index contributed by atoms with van der Waals surface area (Å²) in [6.07, 6.45) is 52.5. The molecule has 4 aromatic heterocycles. The summed E-state index contributed by atoms with van der Waals surface area (Å²) in [5.41, 5.74) is 5.16. The molecule has 0 unspecified atom stereocenters. The van der Waals surface area contributed by atoms with Crippen LogP contribution < -0.4 is 0 Å². The van der Waals surface area contributed by atoms with E-state index in [1.54, 1.807) is 30.9 Å². The van der Waals surface area contributed by atoms with E-state index in [2.05, 4.69) is 99.0 Å². The predicted octanol–water partition coefficient (Wildman–Crippen LogP) is 20.9. The Kier molecular flexibility index (Phi) is 24.9. The lowest BCUT2D eigenvalue weighted by atomic mass is 9.49. The first-order valence-electron chi connectivity index (χ1n) is 50.0. The number of esters is 1. The summed E-state index contributed by atoms with van der Waals surface area (Å²) in [4.78, 5) is 50.3. The Morgan fingerprint density at radius 2 is 0.770 bits per heavy atom. The van der Waals surface area contributed by atoms with Crippen LogP contribution in [0.25, 0.3) is 0 Å². The number of Topliss-reactive ketones (excluding diaryl/α,β-unsaturated/α-hetero) is 3. The van der Waals surface area contributed by atoms with E-state index in [1.807, 2.05) is 48.5 Å². The lowest BCUT2D eigenvalue weighted by molar-refractivity contribution is -0.133. The van der Waals surface area contributed by atoms with Crippen LogP contribution in [0.2, 0.25) is 0 Å². The molecular weight excluding hydrogens is 1520 g/mol. The van der Waals surface area contributed by atoms with Gasteiger partial charge in [0.1, 0.15) is 12.2 Å². The van der Waals surface area contributed by atoms with Gasteiger partial charge in [-0.15, -0.1) is 0 Å². The fourth-order valence-corrected chi connectivity index (χ4v) is 34.4. The highest BCUT2D eigenvalue weighted by atomic mass is 16.5. The summed E-state index contributed by atoms with van der Waals surface area (Å²) in [5.74, 6) is 17.9. The van der Waals surface area contributed by atoms with Crippen molar-refractivity contribution in [2.45, 2.75) is 363 Å². The molecule has 0 aliphatic heterocycles. The quantitative estimate of drug-likeness (QED) is 0.0494. The molecule has 16 saturated carbocycles. The number of nitrogens with zero attached hydrogens (tertiary/aromatic N) is 8. The monoisotopic (exact) mass is 1680 g/mol. The molecule has 672 valence electrons. The van der Waals surface area contributed by atoms with Crippen molar-refractivity contribution in [1.29, 1.82) is 0 Å². The van der Waals surface area contributed by atoms with E-state index in [1.165, 1.54) is 171 Å². The van der Waals surface area contributed by atoms with E-state index in [0.29, 0.717) is 64.7 Å². The highest BCUT2D eigenvalue weighted by molar-refractivity contribution is 5.92. The molecule has 4 N–H and O–H groups in total. The van der Waals surface area contributed by atoms with Crippen molar-refractivity contribution < 1.29 is 44.3 Å². The summed E-state index contributed by atoms with van der Waals surface area (Å²) < 4.78 is 12.5. The van der Waals surface area contributed by atoms with Gasteiger partial charge in [-0.05, 0) is 450 Å². The largest absolute Gasteiger partial charge is 0.462 e. The van der Waals surface area contributed by atoms with E-state index in [-0.39, 0.29) is 46.7 Å². The summed E-state index contributed by atoms with van der Waals surface area (Å²) in [6.45, 7) is 37.4. The van der Waals surface area contributed by atoms with Crippen molar-refractivity contribution in [2.24, 2.45) is 164 Å². The highest BCUT2D eigenvalue weighted by Crippen LogP contribution is 2.71. The minimum Gasteiger partial charge on any atom is -0.462 e. The zero-order valence-corrected chi connectivity index (χ0v) is 77.3. The predicted molar refractivity (Wildman–Crippen MR) is 478 cm³/mol. The van der Waals surface area contributed by atoms with Gasteiger partial charge in [0.2, 0.25) is 0 Å². The summed E-state index contributed by atoms with van der Waals surface area (Å²) in [7, 11) is 0. The Morgan fingerprint density at radius 3 is 1.12 bits per heavy atom. The summed E-state index contributed by atoms with van der Waals surface area (Å²) in [6, 6.07) is 5.90. The van der Waals surface area contributed by atoms with Gasteiger partial charge in [-0.2, -0.15) is 20.4 Å². The van der Waals surface area contributed by atoms with Crippen LogP contribution in [-0.4, -0.2) is 112 Å². The van der Waals surface area contributed by atoms with E-state index in [9.17, 15) is 39.6 Å². The number of rotatable bonds is 15. The smallest absolute Gasteiger partial charge is 0.341 e. The number of carbonyl (C=O) groups excluding carboxylic acids is 4. The first kappa shape index (κ1) is 88.7. The first-order valence-corrected chi connectivity index (χ1v) is 50.0. The van der Waals surface area contributed by atoms with E-state index in [4.69, 9.17) is 4.74 Å². The maximum atomic E-state index is 13.4. The molecule has 20 rings (SSSR count). The molecule has 32 atom stereocenters. The summed E-state index contributed by atoms with van der Waals surface area (Å²) >= 11 is 0. The molecule has 0 amide bonds. The average molecular weight is 1680 g/mol. The topological polar surface area (TPSA) is 230 Å². The minimum atomic E-state index is -0.471. The fourth-order valence-electron chi connectivity index (χ4n) is 34.4. The Morgan fingerprint density at radius 1 is 0.410 bits per heavy atom. The molecule has 0 spiro atoms. The van der Waals surface area contributed by atoms with Crippen LogP contribution in [0, 0.1) is 178 Å². The van der Waals surface area contributed by atoms with Gasteiger partial charge in [0.15, 0.2) is 17.3 Å². The third kappa shape index (κ3) is 17.1. The third-order valence-corrected chi connectivity index (χ3v) is 39.9. The molecular formula is C105H158N8O9. The Balaban J connectivity index is 0.000000116. The number of hydrogen-bond acceptors (Lipinski definition) is 13.